The summed E-state index contributed by atoms with van der Waals surface area (Å²) in [6.07, 6.45) is 3.81. The molecule has 0 aliphatic carbocycles. The Morgan fingerprint density at radius 2 is 2.00 bits per heavy atom. The second-order valence-corrected chi connectivity index (χ2v) is 3.82. The lowest BCUT2D eigenvalue weighted by atomic mass is 10.1. The minimum atomic E-state index is -0.483. The number of hydrogen-bond acceptors (Lipinski definition) is 4. The molecule has 2 aromatic heterocycles. The van der Waals surface area contributed by atoms with E-state index >= 15 is 0 Å². The van der Waals surface area contributed by atoms with E-state index in [1.807, 2.05) is 12.1 Å². The summed E-state index contributed by atoms with van der Waals surface area (Å²) in [7, 11) is 0. The van der Waals surface area contributed by atoms with Gasteiger partial charge in [-0.15, -0.1) is 0 Å². The first-order valence-electron chi connectivity index (χ1n) is 4.85. The van der Waals surface area contributed by atoms with Crippen molar-refractivity contribution in [2.24, 2.45) is 0 Å². The lowest BCUT2D eigenvalue weighted by molar-refractivity contribution is -0.385. The molecule has 0 aromatic carbocycles. The molecule has 6 heteroatoms. The van der Waals surface area contributed by atoms with E-state index in [0.29, 0.717) is 12.1 Å². The van der Waals surface area contributed by atoms with Gasteiger partial charge in [-0.1, -0.05) is 11.6 Å². The van der Waals surface area contributed by atoms with E-state index in [2.05, 4.69) is 9.97 Å². The Balaban J connectivity index is 2.30. The quantitative estimate of drug-likeness (QED) is 0.476. The van der Waals surface area contributed by atoms with Crippen molar-refractivity contribution in [2.45, 2.75) is 6.42 Å². The summed E-state index contributed by atoms with van der Waals surface area (Å²) in [6, 6.07) is 6.31. The molecule has 0 saturated carbocycles. The maximum absolute atomic E-state index is 10.7. The predicted molar refractivity (Wildman–Crippen MR) is 62.9 cm³/mol. The summed E-state index contributed by atoms with van der Waals surface area (Å²) in [5.41, 5.74) is 1.49. The van der Waals surface area contributed by atoms with Gasteiger partial charge in [0.15, 0.2) is 0 Å². The monoisotopic (exact) mass is 249 g/mol. The molecule has 0 radical (unpaired) electrons. The molecule has 2 heterocycles. The Kier molecular flexibility index (Phi) is 3.30. The average Bonchev–Trinajstić information content (AvgIpc) is 2.29. The minimum Gasteiger partial charge on any atom is -0.265 e. The molecule has 0 unspecified atom stereocenters. The van der Waals surface area contributed by atoms with Gasteiger partial charge in [0.05, 0.1) is 16.7 Å². The number of halogens is 1. The van der Waals surface area contributed by atoms with Crippen LogP contribution in [0.5, 0.6) is 0 Å². The van der Waals surface area contributed by atoms with Crippen LogP contribution in [0.2, 0.25) is 5.15 Å². The summed E-state index contributed by atoms with van der Waals surface area (Å²) in [5, 5.41) is 10.8. The van der Waals surface area contributed by atoms with Gasteiger partial charge in [0.1, 0.15) is 5.15 Å². The van der Waals surface area contributed by atoms with Crippen molar-refractivity contribution in [3.05, 3.63) is 63.2 Å². The first-order valence-corrected chi connectivity index (χ1v) is 5.23. The molecule has 2 aromatic rings. The van der Waals surface area contributed by atoms with Crippen LogP contribution in [-0.2, 0) is 6.42 Å². The van der Waals surface area contributed by atoms with Crippen molar-refractivity contribution in [1.82, 2.24) is 9.97 Å². The van der Waals surface area contributed by atoms with Gasteiger partial charge in [-0.25, -0.2) is 4.98 Å². The van der Waals surface area contributed by atoms with Crippen LogP contribution >= 0.6 is 11.6 Å². The van der Waals surface area contributed by atoms with Crippen LogP contribution in [0.15, 0.2) is 36.7 Å². The fourth-order valence-electron chi connectivity index (χ4n) is 1.44. The van der Waals surface area contributed by atoms with Crippen molar-refractivity contribution in [3.63, 3.8) is 0 Å². The third-order valence-corrected chi connectivity index (χ3v) is 2.37. The normalized spacial score (nSPS) is 10.2. The molecule has 2 rings (SSSR count). The molecule has 0 aliphatic rings. The number of aromatic nitrogens is 2. The van der Waals surface area contributed by atoms with Crippen molar-refractivity contribution in [1.29, 1.82) is 0 Å². The lowest BCUT2D eigenvalue weighted by Crippen LogP contribution is -1.96. The van der Waals surface area contributed by atoms with Crippen LogP contribution in [0.3, 0.4) is 0 Å². The highest BCUT2D eigenvalue weighted by Crippen LogP contribution is 2.19. The molecule has 86 valence electrons. The highest BCUT2D eigenvalue weighted by atomic mass is 35.5. The fraction of sp³-hybridized carbons (Fsp3) is 0.0909. The van der Waals surface area contributed by atoms with Gasteiger partial charge >= 0.3 is 0 Å². The van der Waals surface area contributed by atoms with Crippen LogP contribution in [0, 0.1) is 10.1 Å². The maximum Gasteiger partial charge on any atom is 0.274 e. The van der Waals surface area contributed by atoms with Crippen molar-refractivity contribution >= 4 is 17.3 Å². The third kappa shape index (κ3) is 2.98. The highest BCUT2D eigenvalue weighted by molar-refractivity contribution is 6.29. The van der Waals surface area contributed by atoms with Crippen molar-refractivity contribution in [2.75, 3.05) is 0 Å². The first kappa shape index (κ1) is 11.5. The molecule has 0 atom stereocenters. The molecule has 0 aliphatic heterocycles. The van der Waals surface area contributed by atoms with Gasteiger partial charge in [0.2, 0.25) is 0 Å². The summed E-state index contributed by atoms with van der Waals surface area (Å²) >= 11 is 5.73. The number of pyridine rings is 2. The molecule has 0 fully saturated rings. The molecule has 0 spiro atoms. The Hall–Kier alpha value is -2.01. The predicted octanol–water partition coefficient (Wildman–Crippen LogP) is 2.63. The molecular weight excluding hydrogens is 242 g/mol. The van der Waals surface area contributed by atoms with Crippen LogP contribution in [0.1, 0.15) is 11.3 Å². The summed E-state index contributed by atoms with van der Waals surface area (Å²) < 4.78 is 0. The van der Waals surface area contributed by atoms with Gasteiger partial charge < -0.3 is 0 Å². The number of rotatable bonds is 3. The van der Waals surface area contributed by atoms with E-state index in [1.54, 1.807) is 12.4 Å². The number of nitro groups is 1. The number of hydrogen-bond donors (Lipinski definition) is 0. The average molecular weight is 250 g/mol. The van der Waals surface area contributed by atoms with E-state index in [4.69, 9.17) is 11.6 Å². The van der Waals surface area contributed by atoms with Gasteiger partial charge in [0, 0.05) is 24.9 Å². The Morgan fingerprint density at radius 3 is 2.65 bits per heavy atom. The zero-order valence-corrected chi connectivity index (χ0v) is 9.46. The number of nitrogens with zero attached hydrogens (tertiary/aromatic N) is 3. The lowest BCUT2D eigenvalue weighted by Gasteiger charge is -2.01. The van der Waals surface area contributed by atoms with E-state index in [-0.39, 0.29) is 10.8 Å². The molecule has 5 nitrogen and oxygen atoms in total. The maximum atomic E-state index is 10.7. The third-order valence-electron chi connectivity index (χ3n) is 2.18. The second kappa shape index (κ2) is 4.88. The Morgan fingerprint density at radius 1 is 1.29 bits per heavy atom. The smallest absolute Gasteiger partial charge is 0.265 e. The van der Waals surface area contributed by atoms with Crippen LogP contribution in [-0.4, -0.2) is 14.9 Å². The largest absolute Gasteiger partial charge is 0.274 e. The standard InChI is InChI=1S/C11H8ClN3O2/c12-11-7-10(15(16)17)6-9(14-11)5-8-1-3-13-4-2-8/h1-4,6-7H,5H2. The van der Waals surface area contributed by atoms with Gasteiger partial charge in [-0.2, -0.15) is 0 Å². The fourth-order valence-corrected chi connectivity index (χ4v) is 1.66. The zero-order valence-electron chi connectivity index (χ0n) is 8.71. The topological polar surface area (TPSA) is 68.9 Å². The molecule has 0 saturated heterocycles. The Labute approximate surface area is 102 Å². The minimum absolute atomic E-state index is 0.0472. The SMILES string of the molecule is O=[N+]([O-])c1cc(Cl)nc(Cc2ccncc2)c1. The van der Waals surface area contributed by atoms with E-state index < -0.39 is 4.92 Å². The molecule has 0 bridgehead atoms. The zero-order chi connectivity index (χ0) is 12.3. The van der Waals surface area contributed by atoms with Gasteiger partial charge in [0.25, 0.3) is 5.69 Å². The van der Waals surface area contributed by atoms with E-state index in [0.717, 1.165) is 5.56 Å². The van der Waals surface area contributed by atoms with Gasteiger partial charge in [-0.3, -0.25) is 15.1 Å². The molecule has 0 N–H and O–H groups in total. The highest BCUT2D eigenvalue weighted by Gasteiger charge is 2.10. The summed E-state index contributed by atoms with van der Waals surface area (Å²) in [5.74, 6) is 0. The van der Waals surface area contributed by atoms with Crippen molar-refractivity contribution in [3.8, 4) is 0 Å². The van der Waals surface area contributed by atoms with Crippen LogP contribution in [0.4, 0.5) is 5.69 Å². The first-order chi connectivity index (χ1) is 8.15. The molecule has 0 amide bonds. The molecule has 17 heavy (non-hydrogen) atoms. The van der Waals surface area contributed by atoms with Crippen LogP contribution in [0.25, 0.3) is 0 Å². The van der Waals surface area contributed by atoms with Crippen LogP contribution < -0.4 is 0 Å². The van der Waals surface area contributed by atoms with E-state index in [9.17, 15) is 10.1 Å². The van der Waals surface area contributed by atoms with E-state index in [1.165, 1.54) is 12.1 Å². The Bertz CT molecular complexity index is 546. The van der Waals surface area contributed by atoms with Gasteiger partial charge in [-0.05, 0) is 17.7 Å². The summed E-state index contributed by atoms with van der Waals surface area (Å²) in [4.78, 5) is 18.1. The second-order valence-electron chi connectivity index (χ2n) is 3.43. The molecular formula is C11H8ClN3O2. The van der Waals surface area contributed by atoms with Crippen molar-refractivity contribution < 1.29 is 4.92 Å². The summed E-state index contributed by atoms with van der Waals surface area (Å²) in [6.45, 7) is 0.